The highest BCUT2D eigenvalue weighted by Crippen LogP contribution is 2.32. The lowest BCUT2D eigenvalue weighted by molar-refractivity contribution is 0.393. The molecule has 24 heavy (non-hydrogen) atoms. The van der Waals surface area contributed by atoms with Crippen molar-refractivity contribution in [3.8, 4) is 11.5 Å². The van der Waals surface area contributed by atoms with Crippen LogP contribution in [0.25, 0.3) is 0 Å². The minimum atomic E-state index is -0.207. The third-order valence-electron chi connectivity index (χ3n) is 3.62. The van der Waals surface area contributed by atoms with Crippen LogP contribution in [0.1, 0.15) is 23.3 Å². The summed E-state index contributed by atoms with van der Waals surface area (Å²) in [4.78, 5) is 8.88. The molecule has 3 aromatic rings. The van der Waals surface area contributed by atoms with Gasteiger partial charge in [-0.1, -0.05) is 0 Å². The molecule has 0 unspecified atom stereocenters. The molecule has 0 fully saturated rings. The number of anilines is 1. The van der Waals surface area contributed by atoms with Crippen molar-refractivity contribution in [1.82, 2.24) is 18.9 Å². The van der Waals surface area contributed by atoms with Crippen molar-refractivity contribution in [2.24, 2.45) is 7.05 Å². The first-order chi connectivity index (χ1) is 11.6. The summed E-state index contributed by atoms with van der Waals surface area (Å²) < 4.78 is 17.0. The lowest BCUT2D eigenvalue weighted by atomic mass is 10.1. The Morgan fingerprint density at radius 1 is 1.17 bits per heavy atom. The maximum atomic E-state index is 5.39. The Bertz CT molecular complexity index is 807. The SMILES string of the molecule is COc1cc(OC)cc([C@@H](Nc2nc(C)ns2)c2nccn2C)c1. The summed E-state index contributed by atoms with van der Waals surface area (Å²) in [6, 6.07) is 5.56. The minimum Gasteiger partial charge on any atom is -0.497 e. The maximum absolute atomic E-state index is 5.39. The van der Waals surface area contributed by atoms with E-state index in [4.69, 9.17) is 9.47 Å². The van der Waals surface area contributed by atoms with Gasteiger partial charge in [0, 0.05) is 37.0 Å². The quantitative estimate of drug-likeness (QED) is 0.740. The van der Waals surface area contributed by atoms with Gasteiger partial charge in [-0.25, -0.2) is 9.97 Å². The fourth-order valence-corrected chi connectivity index (χ4v) is 3.03. The highest BCUT2D eigenvalue weighted by Gasteiger charge is 2.21. The molecular weight excluding hydrogens is 326 g/mol. The average molecular weight is 345 g/mol. The van der Waals surface area contributed by atoms with Gasteiger partial charge in [0.25, 0.3) is 0 Å². The van der Waals surface area contributed by atoms with Gasteiger partial charge in [0.1, 0.15) is 29.2 Å². The summed E-state index contributed by atoms with van der Waals surface area (Å²) in [5.41, 5.74) is 0.966. The Labute approximate surface area is 144 Å². The van der Waals surface area contributed by atoms with Crippen molar-refractivity contribution in [3.63, 3.8) is 0 Å². The average Bonchev–Trinajstić information content (AvgIpc) is 3.20. The van der Waals surface area contributed by atoms with E-state index in [-0.39, 0.29) is 6.04 Å². The van der Waals surface area contributed by atoms with E-state index < -0.39 is 0 Å². The number of hydrogen-bond acceptors (Lipinski definition) is 7. The van der Waals surface area contributed by atoms with Crippen molar-refractivity contribution >= 4 is 16.7 Å². The van der Waals surface area contributed by atoms with Crippen LogP contribution in [-0.2, 0) is 7.05 Å². The van der Waals surface area contributed by atoms with E-state index in [1.807, 2.05) is 42.9 Å². The zero-order valence-corrected chi connectivity index (χ0v) is 14.8. The zero-order chi connectivity index (χ0) is 17.1. The summed E-state index contributed by atoms with van der Waals surface area (Å²) in [5.74, 6) is 3.04. The van der Waals surface area contributed by atoms with Crippen molar-refractivity contribution in [2.75, 3.05) is 19.5 Å². The number of nitrogens with one attached hydrogen (secondary N) is 1. The lowest BCUT2D eigenvalue weighted by Crippen LogP contribution is -2.17. The molecular formula is C16H19N5O2S. The molecule has 1 atom stereocenters. The van der Waals surface area contributed by atoms with E-state index in [1.165, 1.54) is 11.5 Å². The second-order valence-corrected chi connectivity index (χ2v) is 6.02. The molecule has 3 rings (SSSR count). The second kappa shape index (κ2) is 6.88. The molecule has 0 spiro atoms. The van der Waals surface area contributed by atoms with E-state index in [0.29, 0.717) is 0 Å². The van der Waals surface area contributed by atoms with Gasteiger partial charge in [0.05, 0.1) is 14.2 Å². The molecule has 126 valence electrons. The van der Waals surface area contributed by atoms with E-state index in [1.54, 1.807) is 20.4 Å². The van der Waals surface area contributed by atoms with Crippen LogP contribution in [0.3, 0.4) is 0 Å². The summed E-state index contributed by atoms with van der Waals surface area (Å²) >= 11 is 1.32. The van der Waals surface area contributed by atoms with Crippen molar-refractivity contribution in [1.29, 1.82) is 0 Å². The zero-order valence-electron chi connectivity index (χ0n) is 14.0. The number of rotatable bonds is 6. The molecule has 0 amide bonds. The third-order valence-corrected chi connectivity index (χ3v) is 4.36. The van der Waals surface area contributed by atoms with Crippen LogP contribution in [0.2, 0.25) is 0 Å². The Kier molecular flexibility index (Phi) is 4.66. The fourth-order valence-electron chi connectivity index (χ4n) is 2.43. The molecule has 0 radical (unpaired) electrons. The van der Waals surface area contributed by atoms with Gasteiger partial charge < -0.3 is 19.4 Å². The Hall–Kier alpha value is -2.61. The third kappa shape index (κ3) is 3.33. The highest BCUT2D eigenvalue weighted by atomic mass is 32.1. The van der Waals surface area contributed by atoms with Gasteiger partial charge in [-0.15, -0.1) is 0 Å². The van der Waals surface area contributed by atoms with E-state index in [9.17, 15) is 0 Å². The van der Waals surface area contributed by atoms with E-state index in [2.05, 4.69) is 19.7 Å². The molecule has 0 aliphatic heterocycles. The van der Waals surface area contributed by atoms with Gasteiger partial charge in [-0.3, -0.25) is 0 Å². The van der Waals surface area contributed by atoms with Crippen molar-refractivity contribution in [3.05, 3.63) is 47.8 Å². The van der Waals surface area contributed by atoms with Gasteiger partial charge >= 0.3 is 0 Å². The van der Waals surface area contributed by atoms with Crippen LogP contribution in [0.15, 0.2) is 30.6 Å². The van der Waals surface area contributed by atoms with Crippen LogP contribution in [0, 0.1) is 6.92 Å². The van der Waals surface area contributed by atoms with Crippen LogP contribution < -0.4 is 14.8 Å². The molecule has 0 saturated carbocycles. The molecule has 2 aromatic heterocycles. The number of ether oxygens (including phenoxy) is 2. The van der Waals surface area contributed by atoms with E-state index in [0.717, 1.165) is 33.8 Å². The number of benzene rings is 1. The van der Waals surface area contributed by atoms with Gasteiger partial charge in [-0.2, -0.15) is 4.37 Å². The number of nitrogens with zero attached hydrogens (tertiary/aromatic N) is 4. The molecule has 0 aliphatic rings. The second-order valence-electron chi connectivity index (χ2n) is 5.27. The fraction of sp³-hybridized carbons (Fsp3) is 0.312. The highest BCUT2D eigenvalue weighted by molar-refractivity contribution is 7.09. The maximum Gasteiger partial charge on any atom is 0.203 e. The van der Waals surface area contributed by atoms with Gasteiger partial charge in [0.2, 0.25) is 5.13 Å². The Morgan fingerprint density at radius 2 is 1.88 bits per heavy atom. The first-order valence-electron chi connectivity index (χ1n) is 7.37. The first-order valence-corrected chi connectivity index (χ1v) is 8.15. The number of imidazole rings is 1. The molecule has 8 heteroatoms. The van der Waals surface area contributed by atoms with Crippen molar-refractivity contribution < 1.29 is 9.47 Å². The number of aromatic nitrogens is 4. The topological polar surface area (TPSA) is 74.1 Å². The lowest BCUT2D eigenvalue weighted by Gasteiger charge is -2.19. The Balaban J connectivity index is 2.05. The minimum absolute atomic E-state index is 0.207. The van der Waals surface area contributed by atoms with Crippen LogP contribution in [0.5, 0.6) is 11.5 Å². The monoisotopic (exact) mass is 345 g/mol. The van der Waals surface area contributed by atoms with Crippen LogP contribution in [-0.4, -0.2) is 33.1 Å². The summed E-state index contributed by atoms with van der Waals surface area (Å²) in [6.07, 6.45) is 3.68. The van der Waals surface area contributed by atoms with Gasteiger partial charge in [-0.05, 0) is 24.6 Å². The number of hydrogen-bond donors (Lipinski definition) is 1. The first kappa shape index (κ1) is 16.3. The molecule has 1 N–H and O–H groups in total. The molecule has 1 aromatic carbocycles. The summed E-state index contributed by atoms with van der Waals surface area (Å²) in [5, 5.41) is 4.15. The van der Waals surface area contributed by atoms with Crippen LogP contribution >= 0.6 is 11.5 Å². The van der Waals surface area contributed by atoms with E-state index >= 15 is 0 Å². The van der Waals surface area contributed by atoms with Crippen molar-refractivity contribution in [2.45, 2.75) is 13.0 Å². The number of methoxy groups -OCH3 is 2. The Morgan fingerprint density at radius 3 is 2.38 bits per heavy atom. The normalized spacial score (nSPS) is 12.0. The summed E-state index contributed by atoms with van der Waals surface area (Å²) in [7, 11) is 5.23. The number of aryl methyl sites for hydroxylation is 2. The van der Waals surface area contributed by atoms with Gasteiger partial charge in [0.15, 0.2) is 0 Å². The molecule has 2 heterocycles. The van der Waals surface area contributed by atoms with Crippen LogP contribution in [0.4, 0.5) is 5.13 Å². The largest absolute Gasteiger partial charge is 0.497 e. The summed E-state index contributed by atoms with van der Waals surface area (Å²) in [6.45, 7) is 1.87. The smallest absolute Gasteiger partial charge is 0.203 e. The molecule has 0 saturated heterocycles. The molecule has 0 bridgehead atoms. The predicted molar refractivity (Wildman–Crippen MR) is 92.9 cm³/mol. The predicted octanol–water partition coefficient (Wildman–Crippen LogP) is 2.80. The molecule has 0 aliphatic carbocycles. The standard InChI is InChI=1S/C16H19N5O2S/c1-10-18-16(24-20-10)19-14(15-17-5-6-21(15)2)11-7-12(22-3)9-13(8-11)23-4/h5-9,14H,1-4H3,(H,18,19,20)/t14-/m1/s1. The molecule has 7 nitrogen and oxygen atoms in total.